The Morgan fingerprint density at radius 3 is 3.12 bits per heavy atom. The number of aryl methyl sites for hydroxylation is 1. The largest absolute Gasteiger partial charge is 0.477 e. The number of rotatable bonds is 1. The number of H-pyrrole nitrogens is 1. The van der Waals surface area contributed by atoms with Crippen molar-refractivity contribution in [2.24, 2.45) is 0 Å². The third-order valence-corrected chi connectivity index (χ3v) is 2.84. The molecule has 5 nitrogen and oxygen atoms in total. The lowest BCUT2D eigenvalue weighted by atomic mass is 9.92. The summed E-state index contributed by atoms with van der Waals surface area (Å²) in [5.41, 5.74) is 3.63. The number of carboxylic acid groups (broad SMARTS) is 1. The zero-order valence-corrected chi connectivity index (χ0v) is 8.40. The second kappa shape index (κ2) is 3.16. The molecule has 3 rings (SSSR count). The monoisotopic (exact) mass is 215 g/mol. The van der Waals surface area contributed by atoms with Gasteiger partial charge >= 0.3 is 5.97 Å². The predicted molar refractivity (Wildman–Crippen MR) is 56.2 cm³/mol. The molecule has 0 unspecified atom stereocenters. The fraction of sp³-hybridized carbons (Fsp3) is 0.182. The minimum Gasteiger partial charge on any atom is -0.477 e. The van der Waals surface area contributed by atoms with E-state index in [0.717, 1.165) is 28.9 Å². The molecule has 0 amide bonds. The smallest absolute Gasteiger partial charge is 0.354 e. The molecule has 0 bridgehead atoms. The molecule has 2 heterocycles. The molecule has 2 aromatic heterocycles. The maximum atomic E-state index is 11.0. The first-order chi connectivity index (χ1) is 7.77. The molecule has 0 atom stereocenters. The summed E-state index contributed by atoms with van der Waals surface area (Å²) in [7, 11) is 0. The quantitative estimate of drug-likeness (QED) is 0.750. The molecule has 5 heteroatoms. The first-order valence-corrected chi connectivity index (χ1v) is 5.02. The van der Waals surface area contributed by atoms with Gasteiger partial charge in [0.25, 0.3) is 0 Å². The molecule has 0 radical (unpaired) electrons. The number of aromatic amines is 1. The van der Waals surface area contributed by atoms with Crippen molar-refractivity contribution in [2.75, 3.05) is 0 Å². The van der Waals surface area contributed by atoms with Crippen LogP contribution in [-0.4, -0.2) is 26.3 Å². The van der Waals surface area contributed by atoms with Gasteiger partial charge in [-0.15, -0.1) is 0 Å². The average molecular weight is 215 g/mol. The molecule has 2 aromatic rings. The second-order valence-corrected chi connectivity index (χ2v) is 3.73. The Balaban J connectivity index is 2.23. The van der Waals surface area contributed by atoms with Crippen molar-refractivity contribution in [3.8, 4) is 11.3 Å². The summed E-state index contributed by atoms with van der Waals surface area (Å²) in [4.78, 5) is 15.2. The van der Waals surface area contributed by atoms with E-state index in [1.807, 2.05) is 12.1 Å². The normalized spacial score (nSPS) is 13.0. The van der Waals surface area contributed by atoms with E-state index in [2.05, 4.69) is 15.2 Å². The highest BCUT2D eigenvalue weighted by molar-refractivity contribution is 5.90. The van der Waals surface area contributed by atoms with Crippen LogP contribution in [0.5, 0.6) is 0 Å². The molecule has 16 heavy (non-hydrogen) atoms. The van der Waals surface area contributed by atoms with Crippen molar-refractivity contribution in [1.29, 1.82) is 0 Å². The predicted octanol–water partition coefficient (Wildman–Crippen LogP) is 1.27. The fourth-order valence-electron chi connectivity index (χ4n) is 2.10. The minimum atomic E-state index is -0.957. The van der Waals surface area contributed by atoms with Crippen LogP contribution in [0.1, 0.15) is 21.7 Å². The third kappa shape index (κ3) is 1.14. The number of hydrogen-bond donors (Lipinski definition) is 2. The van der Waals surface area contributed by atoms with Gasteiger partial charge in [0.15, 0.2) is 0 Å². The first kappa shape index (κ1) is 9.08. The van der Waals surface area contributed by atoms with Gasteiger partial charge in [0, 0.05) is 17.3 Å². The Morgan fingerprint density at radius 2 is 2.31 bits per heavy atom. The summed E-state index contributed by atoms with van der Waals surface area (Å²) >= 11 is 0. The summed E-state index contributed by atoms with van der Waals surface area (Å²) in [5, 5.41) is 15.6. The van der Waals surface area contributed by atoms with Crippen LogP contribution in [0.25, 0.3) is 11.3 Å². The van der Waals surface area contributed by atoms with Crippen LogP contribution in [0.3, 0.4) is 0 Å². The number of nitrogens with one attached hydrogen (secondary N) is 1. The highest BCUT2D eigenvalue weighted by Crippen LogP contribution is 2.31. The van der Waals surface area contributed by atoms with Crippen LogP contribution in [0, 0.1) is 0 Å². The van der Waals surface area contributed by atoms with Crippen LogP contribution in [-0.2, 0) is 12.8 Å². The molecule has 0 aromatic carbocycles. The standard InChI is InChI=1S/C11H9N3O2/c15-11(16)10-7-3-4-8-6(2-1-5-12-8)9(7)13-14-10/h1-2,5H,3-4H2,(H,13,14)(H,15,16). The van der Waals surface area contributed by atoms with Gasteiger partial charge in [-0.1, -0.05) is 0 Å². The van der Waals surface area contributed by atoms with Gasteiger partial charge in [-0.3, -0.25) is 10.1 Å². The van der Waals surface area contributed by atoms with E-state index in [1.165, 1.54) is 0 Å². The van der Waals surface area contributed by atoms with Crippen LogP contribution < -0.4 is 0 Å². The van der Waals surface area contributed by atoms with Gasteiger partial charge in [0.1, 0.15) is 5.69 Å². The SMILES string of the molecule is O=C(O)c1[nH]nc2c1CCc1ncccc1-2. The maximum absolute atomic E-state index is 11.0. The number of pyridine rings is 1. The number of aromatic carboxylic acids is 1. The summed E-state index contributed by atoms with van der Waals surface area (Å²) in [6, 6.07) is 3.76. The molecule has 0 saturated heterocycles. The van der Waals surface area contributed by atoms with Gasteiger partial charge in [-0.2, -0.15) is 5.10 Å². The first-order valence-electron chi connectivity index (χ1n) is 5.02. The Hall–Kier alpha value is -2.17. The molecule has 0 fully saturated rings. The van der Waals surface area contributed by atoms with Crippen molar-refractivity contribution in [2.45, 2.75) is 12.8 Å². The number of aromatic nitrogens is 3. The van der Waals surface area contributed by atoms with Crippen molar-refractivity contribution in [1.82, 2.24) is 15.2 Å². The fourth-order valence-corrected chi connectivity index (χ4v) is 2.10. The molecule has 0 spiro atoms. The number of hydrogen-bond acceptors (Lipinski definition) is 3. The Bertz CT molecular complexity index is 574. The molecule has 1 aliphatic carbocycles. The van der Waals surface area contributed by atoms with Crippen molar-refractivity contribution >= 4 is 5.97 Å². The van der Waals surface area contributed by atoms with Gasteiger partial charge in [0.05, 0.1) is 11.4 Å². The van der Waals surface area contributed by atoms with Crippen LogP contribution in [0.4, 0.5) is 0 Å². The number of fused-ring (bicyclic) bond motifs is 3. The third-order valence-electron chi connectivity index (χ3n) is 2.84. The van der Waals surface area contributed by atoms with Gasteiger partial charge in [-0.25, -0.2) is 4.79 Å². The molecule has 2 N–H and O–H groups in total. The van der Waals surface area contributed by atoms with Gasteiger partial charge < -0.3 is 5.11 Å². The van der Waals surface area contributed by atoms with Crippen LogP contribution in [0.15, 0.2) is 18.3 Å². The topological polar surface area (TPSA) is 78.9 Å². The zero-order valence-electron chi connectivity index (χ0n) is 8.40. The molecule has 0 saturated carbocycles. The van der Waals surface area contributed by atoms with Gasteiger partial charge in [-0.05, 0) is 25.0 Å². The Morgan fingerprint density at radius 1 is 1.44 bits per heavy atom. The summed E-state index contributed by atoms with van der Waals surface area (Å²) < 4.78 is 0. The van der Waals surface area contributed by atoms with E-state index in [4.69, 9.17) is 5.11 Å². The van der Waals surface area contributed by atoms with E-state index < -0.39 is 5.97 Å². The van der Waals surface area contributed by atoms with E-state index in [0.29, 0.717) is 6.42 Å². The second-order valence-electron chi connectivity index (χ2n) is 3.73. The van der Waals surface area contributed by atoms with Gasteiger partial charge in [0.2, 0.25) is 0 Å². The zero-order chi connectivity index (χ0) is 11.1. The number of carbonyl (C=O) groups is 1. The highest BCUT2D eigenvalue weighted by atomic mass is 16.4. The van der Waals surface area contributed by atoms with E-state index in [-0.39, 0.29) is 5.69 Å². The lowest BCUT2D eigenvalue weighted by Crippen LogP contribution is -2.08. The molecular formula is C11H9N3O2. The average Bonchev–Trinajstić information content (AvgIpc) is 2.73. The molecule has 80 valence electrons. The molecule has 1 aliphatic rings. The van der Waals surface area contributed by atoms with Crippen molar-refractivity contribution in [3.05, 3.63) is 35.3 Å². The van der Waals surface area contributed by atoms with Crippen LogP contribution in [0.2, 0.25) is 0 Å². The van der Waals surface area contributed by atoms with Crippen LogP contribution >= 0.6 is 0 Å². The highest BCUT2D eigenvalue weighted by Gasteiger charge is 2.25. The van der Waals surface area contributed by atoms with E-state index in [1.54, 1.807) is 6.20 Å². The van der Waals surface area contributed by atoms with E-state index in [9.17, 15) is 4.79 Å². The Kier molecular flexibility index (Phi) is 1.80. The van der Waals surface area contributed by atoms with Crippen molar-refractivity contribution in [3.63, 3.8) is 0 Å². The number of nitrogens with zero attached hydrogens (tertiary/aromatic N) is 2. The summed E-state index contributed by atoms with van der Waals surface area (Å²) in [6.45, 7) is 0. The summed E-state index contributed by atoms with van der Waals surface area (Å²) in [5.74, 6) is -0.957. The van der Waals surface area contributed by atoms with Crippen molar-refractivity contribution < 1.29 is 9.90 Å². The lowest BCUT2D eigenvalue weighted by Gasteiger charge is -2.13. The molecular weight excluding hydrogens is 206 g/mol. The summed E-state index contributed by atoms with van der Waals surface area (Å²) in [6.07, 6.45) is 3.19. The maximum Gasteiger partial charge on any atom is 0.354 e. The minimum absolute atomic E-state index is 0.199. The number of carboxylic acids is 1. The van der Waals surface area contributed by atoms with E-state index >= 15 is 0 Å². The molecule has 0 aliphatic heterocycles. The lowest BCUT2D eigenvalue weighted by molar-refractivity contribution is 0.0689. The Labute approximate surface area is 91.2 Å².